The van der Waals surface area contributed by atoms with Crippen LogP contribution in [0.15, 0.2) is 24.3 Å². The Kier molecular flexibility index (Phi) is 10.0. The molecule has 7 heteroatoms. The highest BCUT2D eigenvalue weighted by Gasteiger charge is 2.18. The van der Waals surface area contributed by atoms with Gasteiger partial charge in [0.15, 0.2) is 0 Å². The Bertz CT molecular complexity index is 494. The molecule has 0 spiro atoms. The van der Waals surface area contributed by atoms with Gasteiger partial charge in [-0.1, -0.05) is 20.3 Å². The number of hydrogen-bond acceptors (Lipinski definition) is 4. The van der Waals surface area contributed by atoms with Crippen LogP contribution in [-0.2, 0) is 4.79 Å². The normalized spacial score (nSPS) is 12.5. The molecule has 0 fully saturated rings. The van der Waals surface area contributed by atoms with Gasteiger partial charge >= 0.3 is 0 Å². The number of nitrogens with two attached hydrogens (primary N) is 1. The van der Waals surface area contributed by atoms with Gasteiger partial charge in [0.25, 0.3) is 5.91 Å². The summed E-state index contributed by atoms with van der Waals surface area (Å²) in [6.07, 6.45) is 0.850. The van der Waals surface area contributed by atoms with Crippen LogP contribution in [-0.4, -0.2) is 38.1 Å². The topological polar surface area (TPSA) is 93.5 Å². The second-order valence-corrected chi connectivity index (χ2v) is 5.19. The van der Waals surface area contributed by atoms with Crippen LogP contribution in [0.1, 0.15) is 30.6 Å². The molecular weight excluding hydrogens is 318 g/mol. The van der Waals surface area contributed by atoms with Crippen LogP contribution in [0.4, 0.5) is 0 Å². The molecule has 1 rings (SSSR count). The van der Waals surface area contributed by atoms with E-state index in [9.17, 15) is 9.59 Å². The Morgan fingerprint density at radius 1 is 1.17 bits per heavy atom. The summed E-state index contributed by atoms with van der Waals surface area (Å²) < 4.78 is 5.03. The summed E-state index contributed by atoms with van der Waals surface area (Å²) in [6.45, 7) is 4.64. The van der Waals surface area contributed by atoms with Crippen molar-refractivity contribution < 1.29 is 14.3 Å². The van der Waals surface area contributed by atoms with Gasteiger partial charge in [-0.05, 0) is 30.2 Å². The molecule has 1 aromatic rings. The third-order valence-corrected chi connectivity index (χ3v) is 3.62. The highest BCUT2D eigenvalue weighted by molar-refractivity contribution is 5.94. The van der Waals surface area contributed by atoms with Crippen molar-refractivity contribution in [1.29, 1.82) is 0 Å². The largest absolute Gasteiger partial charge is 0.497 e. The molecule has 0 aromatic heterocycles. The zero-order chi connectivity index (χ0) is 16.5. The molecule has 0 radical (unpaired) electrons. The Labute approximate surface area is 143 Å². The van der Waals surface area contributed by atoms with E-state index in [1.807, 2.05) is 13.8 Å². The minimum absolute atomic E-state index is 0. The zero-order valence-electron chi connectivity index (χ0n) is 13.8. The van der Waals surface area contributed by atoms with E-state index in [-0.39, 0.29) is 30.1 Å². The Hall–Kier alpha value is -1.79. The summed E-state index contributed by atoms with van der Waals surface area (Å²) in [5, 5.41) is 5.46. The summed E-state index contributed by atoms with van der Waals surface area (Å²) in [6, 6.07) is 6.31. The van der Waals surface area contributed by atoms with Crippen LogP contribution >= 0.6 is 12.4 Å². The van der Waals surface area contributed by atoms with Gasteiger partial charge in [-0.3, -0.25) is 9.59 Å². The first-order valence-corrected chi connectivity index (χ1v) is 7.45. The lowest BCUT2D eigenvalue weighted by Gasteiger charge is -2.17. The fourth-order valence-electron chi connectivity index (χ4n) is 1.84. The smallest absolute Gasteiger partial charge is 0.251 e. The summed E-state index contributed by atoms with van der Waals surface area (Å²) in [7, 11) is 1.57. The number of rotatable bonds is 8. The molecule has 130 valence electrons. The Balaban J connectivity index is 0.00000484. The van der Waals surface area contributed by atoms with Crippen molar-refractivity contribution in [2.75, 3.05) is 20.2 Å². The molecule has 23 heavy (non-hydrogen) atoms. The van der Waals surface area contributed by atoms with Crippen molar-refractivity contribution in [2.24, 2.45) is 11.7 Å². The molecule has 0 saturated heterocycles. The predicted octanol–water partition coefficient (Wildman–Crippen LogP) is 1.34. The van der Waals surface area contributed by atoms with Gasteiger partial charge in [0.2, 0.25) is 5.91 Å². The molecule has 1 aromatic carbocycles. The SMILES string of the molecule is CCC(C)C(N)C(=O)NCCNC(=O)c1ccc(OC)cc1.Cl. The number of hydrogen-bond donors (Lipinski definition) is 3. The number of nitrogens with one attached hydrogen (secondary N) is 2. The summed E-state index contributed by atoms with van der Waals surface area (Å²) in [5.74, 6) is 0.452. The number of ether oxygens (including phenoxy) is 1. The van der Waals surface area contributed by atoms with Gasteiger partial charge in [0.05, 0.1) is 13.2 Å². The predicted molar refractivity (Wildman–Crippen MR) is 93.0 cm³/mol. The van der Waals surface area contributed by atoms with Gasteiger partial charge in [-0.2, -0.15) is 0 Å². The van der Waals surface area contributed by atoms with Crippen LogP contribution in [0, 0.1) is 5.92 Å². The minimum Gasteiger partial charge on any atom is -0.497 e. The van der Waals surface area contributed by atoms with E-state index < -0.39 is 6.04 Å². The van der Waals surface area contributed by atoms with Crippen molar-refractivity contribution in [3.8, 4) is 5.75 Å². The average molecular weight is 344 g/mol. The lowest BCUT2D eigenvalue weighted by atomic mass is 9.99. The quantitative estimate of drug-likeness (QED) is 0.621. The second kappa shape index (κ2) is 10.9. The minimum atomic E-state index is -0.512. The van der Waals surface area contributed by atoms with Crippen LogP contribution in [0.2, 0.25) is 0 Å². The first kappa shape index (κ1) is 21.2. The second-order valence-electron chi connectivity index (χ2n) is 5.19. The molecule has 4 N–H and O–H groups in total. The van der Waals surface area contributed by atoms with Crippen molar-refractivity contribution in [2.45, 2.75) is 26.3 Å². The molecule has 2 unspecified atom stereocenters. The number of benzene rings is 1. The van der Waals surface area contributed by atoms with Gasteiger partial charge in [0, 0.05) is 18.7 Å². The molecule has 0 saturated carbocycles. The first-order chi connectivity index (χ1) is 10.5. The number of amides is 2. The molecule has 0 aliphatic heterocycles. The highest BCUT2D eigenvalue weighted by atomic mass is 35.5. The molecule has 6 nitrogen and oxygen atoms in total. The Morgan fingerprint density at radius 2 is 1.74 bits per heavy atom. The van der Waals surface area contributed by atoms with Crippen molar-refractivity contribution in [1.82, 2.24) is 10.6 Å². The number of carbonyl (C=O) groups excluding carboxylic acids is 2. The molecule has 2 amide bonds. The highest BCUT2D eigenvalue weighted by Crippen LogP contribution is 2.10. The van der Waals surface area contributed by atoms with E-state index in [4.69, 9.17) is 10.5 Å². The molecule has 0 aliphatic rings. The lowest BCUT2D eigenvalue weighted by molar-refractivity contribution is -0.123. The fraction of sp³-hybridized carbons (Fsp3) is 0.500. The van der Waals surface area contributed by atoms with Crippen molar-refractivity contribution in [3.63, 3.8) is 0 Å². The van der Waals surface area contributed by atoms with E-state index in [0.717, 1.165) is 6.42 Å². The van der Waals surface area contributed by atoms with Crippen LogP contribution in [0.25, 0.3) is 0 Å². The van der Waals surface area contributed by atoms with Crippen LogP contribution in [0.3, 0.4) is 0 Å². The van der Waals surface area contributed by atoms with E-state index in [0.29, 0.717) is 24.4 Å². The maximum Gasteiger partial charge on any atom is 0.251 e. The lowest BCUT2D eigenvalue weighted by Crippen LogP contribution is -2.46. The molecular formula is C16H26ClN3O3. The number of methoxy groups -OCH3 is 1. The molecule has 0 heterocycles. The molecule has 0 aliphatic carbocycles. The Morgan fingerprint density at radius 3 is 2.26 bits per heavy atom. The van der Waals surface area contributed by atoms with Crippen molar-refractivity contribution in [3.05, 3.63) is 29.8 Å². The van der Waals surface area contributed by atoms with E-state index in [1.165, 1.54) is 0 Å². The van der Waals surface area contributed by atoms with Crippen molar-refractivity contribution >= 4 is 24.2 Å². The van der Waals surface area contributed by atoms with Gasteiger partial charge in [-0.25, -0.2) is 0 Å². The maximum atomic E-state index is 11.9. The third-order valence-electron chi connectivity index (χ3n) is 3.62. The summed E-state index contributed by atoms with van der Waals surface area (Å²) in [4.78, 5) is 23.7. The first-order valence-electron chi connectivity index (χ1n) is 7.45. The summed E-state index contributed by atoms with van der Waals surface area (Å²) in [5.41, 5.74) is 6.37. The van der Waals surface area contributed by atoms with Crippen LogP contribution in [0.5, 0.6) is 5.75 Å². The standard InChI is InChI=1S/C16H25N3O3.ClH/c1-4-11(2)14(17)16(21)19-10-9-18-15(20)12-5-7-13(22-3)8-6-12;/h5-8,11,14H,4,9-10,17H2,1-3H3,(H,18,20)(H,19,21);1H. The fourth-order valence-corrected chi connectivity index (χ4v) is 1.84. The van der Waals surface area contributed by atoms with Gasteiger partial charge in [0.1, 0.15) is 5.75 Å². The molecule has 0 bridgehead atoms. The molecule has 2 atom stereocenters. The average Bonchev–Trinajstić information content (AvgIpc) is 2.56. The van der Waals surface area contributed by atoms with Gasteiger partial charge < -0.3 is 21.1 Å². The number of carbonyl (C=O) groups is 2. The zero-order valence-corrected chi connectivity index (χ0v) is 14.6. The van der Waals surface area contributed by atoms with Crippen LogP contribution < -0.4 is 21.1 Å². The maximum absolute atomic E-state index is 11.9. The van der Waals surface area contributed by atoms with E-state index >= 15 is 0 Å². The number of halogens is 1. The monoisotopic (exact) mass is 343 g/mol. The van der Waals surface area contributed by atoms with E-state index in [1.54, 1.807) is 31.4 Å². The van der Waals surface area contributed by atoms with E-state index in [2.05, 4.69) is 10.6 Å². The summed E-state index contributed by atoms with van der Waals surface area (Å²) >= 11 is 0. The third kappa shape index (κ3) is 6.88. The van der Waals surface area contributed by atoms with Gasteiger partial charge in [-0.15, -0.1) is 12.4 Å².